The number of aryl methyl sites for hydroxylation is 2. The van der Waals surface area contributed by atoms with Crippen LogP contribution in [0.4, 0.5) is 5.82 Å². The summed E-state index contributed by atoms with van der Waals surface area (Å²) >= 11 is 0. The van der Waals surface area contributed by atoms with Crippen LogP contribution in [0, 0.1) is 13.8 Å². The predicted molar refractivity (Wildman–Crippen MR) is 85.1 cm³/mol. The highest BCUT2D eigenvalue weighted by Gasteiger charge is 2.09. The summed E-state index contributed by atoms with van der Waals surface area (Å²) in [5, 5.41) is 3.36. The molecule has 20 heavy (non-hydrogen) atoms. The Balaban J connectivity index is 2.47. The summed E-state index contributed by atoms with van der Waals surface area (Å²) in [6, 6.07) is 8.41. The van der Waals surface area contributed by atoms with Gasteiger partial charge in [0, 0.05) is 24.6 Å². The van der Waals surface area contributed by atoms with Gasteiger partial charge in [0.2, 0.25) is 0 Å². The monoisotopic (exact) mass is 269 g/mol. The second kappa shape index (κ2) is 6.51. The molecule has 2 aromatic rings. The third-order valence-electron chi connectivity index (χ3n) is 3.53. The van der Waals surface area contributed by atoms with Crippen LogP contribution < -0.4 is 5.32 Å². The van der Waals surface area contributed by atoms with Crippen LogP contribution in [-0.4, -0.2) is 16.5 Å². The van der Waals surface area contributed by atoms with E-state index in [-0.39, 0.29) is 0 Å². The average molecular weight is 269 g/mol. The van der Waals surface area contributed by atoms with Crippen LogP contribution >= 0.6 is 0 Å². The van der Waals surface area contributed by atoms with E-state index in [0.717, 1.165) is 36.7 Å². The topological polar surface area (TPSA) is 37.8 Å². The summed E-state index contributed by atoms with van der Waals surface area (Å²) in [7, 11) is 0. The lowest BCUT2D eigenvalue weighted by Gasteiger charge is -2.12. The van der Waals surface area contributed by atoms with E-state index < -0.39 is 0 Å². The molecule has 1 heterocycles. The van der Waals surface area contributed by atoms with Crippen molar-refractivity contribution in [3.05, 3.63) is 41.2 Å². The van der Waals surface area contributed by atoms with Crippen molar-refractivity contribution in [2.45, 2.75) is 40.5 Å². The molecule has 3 heteroatoms. The maximum Gasteiger partial charge on any atom is 0.131 e. The molecule has 0 radical (unpaired) electrons. The summed E-state index contributed by atoms with van der Waals surface area (Å²) < 4.78 is 0. The van der Waals surface area contributed by atoms with E-state index in [2.05, 4.69) is 67.2 Å². The molecule has 1 N–H and O–H groups in total. The van der Waals surface area contributed by atoms with Crippen molar-refractivity contribution >= 4 is 5.82 Å². The number of anilines is 1. The zero-order chi connectivity index (χ0) is 14.5. The Hall–Kier alpha value is -1.90. The van der Waals surface area contributed by atoms with Gasteiger partial charge in [-0.05, 0) is 31.4 Å². The first-order valence-corrected chi connectivity index (χ1v) is 7.34. The summed E-state index contributed by atoms with van der Waals surface area (Å²) in [5.74, 6) is 1.82. The van der Waals surface area contributed by atoms with Gasteiger partial charge >= 0.3 is 0 Å². The van der Waals surface area contributed by atoms with Crippen molar-refractivity contribution in [3.8, 4) is 11.3 Å². The van der Waals surface area contributed by atoms with Crippen LogP contribution in [0.3, 0.4) is 0 Å². The highest BCUT2D eigenvalue weighted by Crippen LogP contribution is 2.25. The Bertz CT molecular complexity index is 591. The van der Waals surface area contributed by atoms with Gasteiger partial charge in [-0.15, -0.1) is 0 Å². The zero-order valence-electron chi connectivity index (χ0n) is 12.8. The van der Waals surface area contributed by atoms with Gasteiger partial charge in [-0.25, -0.2) is 9.97 Å². The number of hydrogen-bond acceptors (Lipinski definition) is 3. The fraction of sp³-hybridized carbons (Fsp3) is 0.412. The normalized spacial score (nSPS) is 10.6. The highest BCUT2D eigenvalue weighted by molar-refractivity contribution is 5.67. The second-order valence-corrected chi connectivity index (χ2v) is 5.08. The molecular formula is C17H23N3. The first kappa shape index (κ1) is 14.5. The van der Waals surface area contributed by atoms with Crippen molar-refractivity contribution in [3.63, 3.8) is 0 Å². The molecule has 3 nitrogen and oxygen atoms in total. The summed E-state index contributed by atoms with van der Waals surface area (Å²) in [5.41, 5.74) is 4.79. The molecule has 0 bridgehead atoms. The van der Waals surface area contributed by atoms with Gasteiger partial charge in [0.15, 0.2) is 0 Å². The van der Waals surface area contributed by atoms with Crippen molar-refractivity contribution in [2.75, 3.05) is 11.9 Å². The van der Waals surface area contributed by atoms with Crippen molar-refractivity contribution in [1.82, 2.24) is 9.97 Å². The maximum atomic E-state index is 4.68. The average Bonchev–Trinajstić information content (AvgIpc) is 2.47. The fourth-order valence-electron chi connectivity index (χ4n) is 2.17. The SMILES string of the molecule is CCCNc1cc(-c2cccc(C)c2C)nc(CC)n1. The number of hydrogen-bond donors (Lipinski definition) is 1. The summed E-state index contributed by atoms with van der Waals surface area (Å²) in [6.45, 7) is 9.47. The minimum Gasteiger partial charge on any atom is -0.370 e. The van der Waals surface area contributed by atoms with E-state index in [1.54, 1.807) is 0 Å². The third kappa shape index (κ3) is 3.16. The molecule has 0 unspecified atom stereocenters. The molecule has 2 rings (SSSR count). The standard InChI is InChI=1S/C17H23N3/c1-5-10-18-17-11-15(19-16(6-2)20-17)14-9-7-8-12(3)13(14)4/h7-9,11H,5-6,10H2,1-4H3,(H,18,19,20). The molecule has 0 saturated heterocycles. The van der Waals surface area contributed by atoms with Gasteiger partial charge in [0.05, 0.1) is 5.69 Å². The van der Waals surface area contributed by atoms with Gasteiger partial charge in [-0.1, -0.05) is 32.0 Å². The van der Waals surface area contributed by atoms with Crippen LogP contribution in [0.25, 0.3) is 11.3 Å². The fourth-order valence-corrected chi connectivity index (χ4v) is 2.17. The van der Waals surface area contributed by atoms with Crippen molar-refractivity contribution < 1.29 is 0 Å². The summed E-state index contributed by atoms with van der Waals surface area (Å²) in [6.07, 6.45) is 1.93. The van der Waals surface area contributed by atoms with Crippen LogP contribution in [0.5, 0.6) is 0 Å². The number of aromatic nitrogens is 2. The molecule has 1 aromatic carbocycles. The van der Waals surface area contributed by atoms with Gasteiger partial charge in [0.1, 0.15) is 11.6 Å². The lowest BCUT2D eigenvalue weighted by Crippen LogP contribution is -2.06. The smallest absolute Gasteiger partial charge is 0.131 e. The van der Waals surface area contributed by atoms with Crippen LogP contribution in [-0.2, 0) is 6.42 Å². The van der Waals surface area contributed by atoms with E-state index in [1.165, 1.54) is 16.7 Å². The van der Waals surface area contributed by atoms with Gasteiger partial charge in [0.25, 0.3) is 0 Å². The van der Waals surface area contributed by atoms with Gasteiger partial charge in [-0.3, -0.25) is 0 Å². The number of nitrogens with one attached hydrogen (secondary N) is 1. The minimum absolute atomic E-state index is 0.847. The van der Waals surface area contributed by atoms with E-state index in [4.69, 9.17) is 0 Å². The lowest BCUT2D eigenvalue weighted by molar-refractivity contribution is 0.919. The van der Waals surface area contributed by atoms with Crippen LogP contribution in [0.15, 0.2) is 24.3 Å². The van der Waals surface area contributed by atoms with Crippen molar-refractivity contribution in [2.24, 2.45) is 0 Å². The van der Waals surface area contributed by atoms with Crippen molar-refractivity contribution in [1.29, 1.82) is 0 Å². The molecule has 0 aliphatic rings. The van der Waals surface area contributed by atoms with Gasteiger partial charge < -0.3 is 5.32 Å². The Morgan fingerprint density at radius 3 is 2.60 bits per heavy atom. The highest BCUT2D eigenvalue weighted by atomic mass is 15.0. The molecule has 106 valence electrons. The molecule has 0 saturated carbocycles. The third-order valence-corrected chi connectivity index (χ3v) is 3.53. The van der Waals surface area contributed by atoms with Crippen LogP contribution in [0.1, 0.15) is 37.2 Å². The predicted octanol–water partition coefficient (Wildman–Crippen LogP) is 4.14. The lowest BCUT2D eigenvalue weighted by atomic mass is 10.0. The number of benzene rings is 1. The van der Waals surface area contributed by atoms with E-state index in [1.807, 2.05) is 0 Å². The molecule has 0 fully saturated rings. The van der Waals surface area contributed by atoms with E-state index in [0.29, 0.717) is 0 Å². The second-order valence-electron chi connectivity index (χ2n) is 5.08. The van der Waals surface area contributed by atoms with E-state index in [9.17, 15) is 0 Å². The van der Waals surface area contributed by atoms with Gasteiger partial charge in [-0.2, -0.15) is 0 Å². The molecular weight excluding hydrogens is 246 g/mol. The summed E-state index contributed by atoms with van der Waals surface area (Å²) in [4.78, 5) is 9.23. The largest absolute Gasteiger partial charge is 0.370 e. The number of nitrogens with zero attached hydrogens (tertiary/aromatic N) is 2. The molecule has 1 aromatic heterocycles. The minimum atomic E-state index is 0.847. The first-order chi connectivity index (χ1) is 9.65. The Labute approximate surface area is 121 Å². The van der Waals surface area contributed by atoms with Crippen LogP contribution in [0.2, 0.25) is 0 Å². The quantitative estimate of drug-likeness (QED) is 0.886. The molecule has 0 spiro atoms. The number of rotatable bonds is 5. The molecule has 0 aliphatic heterocycles. The molecule has 0 atom stereocenters. The Morgan fingerprint density at radius 1 is 1.10 bits per heavy atom. The first-order valence-electron chi connectivity index (χ1n) is 7.34. The molecule has 0 amide bonds. The zero-order valence-corrected chi connectivity index (χ0v) is 12.8. The van der Waals surface area contributed by atoms with E-state index >= 15 is 0 Å². The molecule has 0 aliphatic carbocycles. The Morgan fingerprint density at radius 2 is 1.90 bits per heavy atom. The maximum absolute atomic E-state index is 4.68. The Kier molecular flexibility index (Phi) is 4.72.